The van der Waals surface area contributed by atoms with Crippen LogP contribution in [0.3, 0.4) is 0 Å². The van der Waals surface area contributed by atoms with E-state index in [0.717, 1.165) is 16.1 Å². The maximum absolute atomic E-state index is 13.8. The van der Waals surface area contributed by atoms with Crippen molar-refractivity contribution in [3.8, 4) is 0 Å². The maximum Gasteiger partial charge on any atom is 0.421 e. The number of nitrogens with one attached hydrogen (secondary N) is 2. The highest BCUT2D eigenvalue weighted by Crippen LogP contribution is 2.35. The maximum atomic E-state index is 13.8. The van der Waals surface area contributed by atoms with Gasteiger partial charge >= 0.3 is 6.18 Å². The number of aryl methyl sites for hydroxylation is 1. The molecule has 0 spiro atoms. The van der Waals surface area contributed by atoms with E-state index >= 15 is 0 Å². The first-order valence-electron chi connectivity index (χ1n) is 12.4. The summed E-state index contributed by atoms with van der Waals surface area (Å²) < 4.78 is 66.4. The number of rotatable bonds is 11. The Morgan fingerprint density at radius 2 is 1.76 bits per heavy atom. The van der Waals surface area contributed by atoms with Crippen LogP contribution in [0, 0.1) is 6.92 Å². The molecule has 2 N–H and O–H groups in total. The second kappa shape index (κ2) is 12.7. The lowest BCUT2D eigenvalue weighted by atomic mass is 10.1. The van der Waals surface area contributed by atoms with Crippen molar-refractivity contribution < 1.29 is 26.4 Å². The van der Waals surface area contributed by atoms with Crippen LogP contribution in [0.5, 0.6) is 0 Å². The highest BCUT2D eigenvalue weighted by atomic mass is 32.2. The van der Waals surface area contributed by atoms with Crippen LogP contribution in [0.15, 0.2) is 42.7 Å². The quantitative estimate of drug-likeness (QED) is 0.343. The first-order chi connectivity index (χ1) is 19.1. The van der Waals surface area contributed by atoms with Gasteiger partial charge in [-0.2, -0.15) is 18.2 Å². The summed E-state index contributed by atoms with van der Waals surface area (Å²) in [6.45, 7) is 2.76. The molecule has 0 radical (unpaired) electrons. The average molecular weight is 595 g/mol. The number of halogens is 3. The third kappa shape index (κ3) is 8.27. The van der Waals surface area contributed by atoms with Crippen LogP contribution in [0.2, 0.25) is 0 Å². The zero-order chi connectivity index (χ0) is 30.5. The molecule has 3 rings (SSSR count). The predicted molar refractivity (Wildman–Crippen MR) is 152 cm³/mol. The van der Waals surface area contributed by atoms with Gasteiger partial charge in [0.25, 0.3) is 5.91 Å². The number of anilines is 4. The summed E-state index contributed by atoms with van der Waals surface area (Å²) in [5.41, 5.74) is 0.796. The molecule has 1 aromatic carbocycles. The Morgan fingerprint density at radius 1 is 1.05 bits per heavy atom. The monoisotopic (exact) mass is 594 g/mol. The third-order valence-electron chi connectivity index (χ3n) is 6.16. The van der Waals surface area contributed by atoms with E-state index in [0.29, 0.717) is 36.1 Å². The Morgan fingerprint density at radius 3 is 2.39 bits per heavy atom. The van der Waals surface area contributed by atoms with Crippen LogP contribution in [-0.4, -0.2) is 86.6 Å². The molecular weight excluding hydrogens is 561 g/mol. The van der Waals surface area contributed by atoms with Gasteiger partial charge in [0, 0.05) is 62.9 Å². The Labute approximate surface area is 237 Å². The molecule has 0 fully saturated rings. The summed E-state index contributed by atoms with van der Waals surface area (Å²) in [5, 5.41) is 5.57. The molecule has 3 aromatic rings. The van der Waals surface area contributed by atoms with Gasteiger partial charge in [-0.3, -0.25) is 9.10 Å². The molecule has 41 heavy (non-hydrogen) atoms. The molecule has 222 valence electrons. The second-order valence-corrected chi connectivity index (χ2v) is 11.7. The number of sulfonamides is 1. The largest absolute Gasteiger partial charge is 0.421 e. The Bertz CT molecular complexity index is 1500. The number of hydrogen-bond donors (Lipinski definition) is 2. The van der Waals surface area contributed by atoms with Crippen LogP contribution in [0.1, 0.15) is 27.0 Å². The third-order valence-corrected chi connectivity index (χ3v) is 7.33. The summed E-state index contributed by atoms with van der Waals surface area (Å²) in [6, 6.07) is 8.09. The number of carbonyl (C=O) groups is 1. The van der Waals surface area contributed by atoms with Gasteiger partial charge in [-0.05, 0) is 44.8 Å². The molecule has 0 unspecified atom stereocenters. The van der Waals surface area contributed by atoms with Crippen molar-refractivity contribution in [2.24, 2.45) is 0 Å². The molecule has 2 heterocycles. The molecule has 0 aliphatic carbocycles. The van der Waals surface area contributed by atoms with Crippen LogP contribution in [0.25, 0.3) is 0 Å². The van der Waals surface area contributed by atoms with Gasteiger partial charge in [0.05, 0.1) is 6.26 Å². The van der Waals surface area contributed by atoms with Crippen molar-refractivity contribution in [1.82, 2.24) is 24.8 Å². The molecule has 11 nitrogen and oxygen atoms in total. The van der Waals surface area contributed by atoms with Crippen molar-refractivity contribution in [3.05, 3.63) is 65.0 Å². The number of pyridine rings is 1. The summed E-state index contributed by atoms with van der Waals surface area (Å²) >= 11 is 0. The molecule has 0 bridgehead atoms. The van der Waals surface area contributed by atoms with E-state index in [1.807, 2.05) is 19.0 Å². The Hall–Kier alpha value is -3.98. The lowest BCUT2D eigenvalue weighted by Gasteiger charge is -2.21. The van der Waals surface area contributed by atoms with Crippen LogP contribution in [0.4, 0.5) is 36.4 Å². The van der Waals surface area contributed by atoms with Crippen LogP contribution < -0.4 is 14.9 Å². The van der Waals surface area contributed by atoms with Crippen molar-refractivity contribution in [1.29, 1.82) is 0 Å². The number of nitrogens with zero attached hydrogens (tertiary/aromatic N) is 6. The highest BCUT2D eigenvalue weighted by Gasteiger charge is 2.35. The second-order valence-electron chi connectivity index (χ2n) is 9.71. The zero-order valence-electron chi connectivity index (χ0n) is 23.6. The minimum Gasteiger partial charge on any atom is -0.365 e. The fourth-order valence-electron chi connectivity index (χ4n) is 3.65. The number of benzene rings is 1. The molecule has 0 atom stereocenters. The number of amides is 1. The molecule has 2 aromatic heterocycles. The van der Waals surface area contributed by atoms with Crippen molar-refractivity contribution >= 4 is 39.2 Å². The van der Waals surface area contributed by atoms with E-state index in [-0.39, 0.29) is 24.2 Å². The molecule has 0 saturated carbocycles. The average Bonchev–Trinajstić information content (AvgIpc) is 2.90. The van der Waals surface area contributed by atoms with E-state index in [1.165, 1.54) is 13.2 Å². The van der Waals surface area contributed by atoms with Gasteiger partial charge in [-0.15, -0.1) is 0 Å². The number of alkyl halides is 3. The summed E-state index contributed by atoms with van der Waals surface area (Å²) in [7, 11) is 3.14. The van der Waals surface area contributed by atoms with Gasteiger partial charge in [0.15, 0.2) is 0 Å². The molecule has 0 saturated heterocycles. The van der Waals surface area contributed by atoms with E-state index in [2.05, 4.69) is 25.6 Å². The fourth-order valence-corrected chi connectivity index (χ4v) is 4.13. The smallest absolute Gasteiger partial charge is 0.365 e. The van der Waals surface area contributed by atoms with Gasteiger partial charge in [-0.25, -0.2) is 18.4 Å². The van der Waals surface area contributed by atoms with Crippen molar-refractivity contribution in [2.45, 2.75) is 19.6 Å². The summed E-state index contributed by atoms with van der Waals surface area (Å²) in [6.07, 6.45) is -1.73. The lowest BCUT2D eigenvalue weighted by Crippen LogP contribution is -2.33. The SMILES string of the molecule is Cc1ccc(C(=O)N(C)CCN(C)C)cc1Nc1ncc(C(F)(F)F)c(NCc2cccnc2N(C)S(C)(=O)=O)n1. The first kappa shape index (κ1) is 31.5. The van der Waals surface area contributed by atoms with Gasteiger partial charge < -0.3 is 20.4 Å². The van der Waals surface area contributed by atoms with Gasteiger partial charge in [0.1, 0.15) is 17.2 Å². The number of aromatic nitrogens is 3. The molecule has 0 aliphatic heterocycles. The Balaban J connectivity index is 1.90. The fraction of sp³-hybridized carbons (Fsp3) is 0.385. The van der Waals surface area contributed by atoms with E-state index in [1.54, 1.807) is 49.2 Å². The number of hydrogen-bond acceptors (Lipinski definition) is 9. The van der Waals surface area contributed by atoms with Crippen LogP contribution >= 0.6 is 0 Å². The van der Waals surface area contributed by atoms with E-state index in [4.69, 9.17) is 0 Å². The van der Waals surface area contributed by atoms with E-state index < -0.39 is 27.6 Å². The highest BCUT2D eigenvalue weighted by molar-refractivity contribution is 7.92. The summed E-state index contributed by atoms with van der Waals surface area (Å²) in [4.78, 5) is 28.4. The minimum absolute atomic E-state index is 0.0659. The topological polar surface area (TPSA) is 124 Å². The molecular formula is C26H33F3N8O3S. The zero-order valence-corrected chi connectivity index (χ0v) is 24.4. The van der Waals surface area contributed by atoms with Crippen LogP contribution in [-0.2, 0) is 22.7 Å². The normalized spacial score (nSPS) is 11.9. The number of likely N-dealkylation sites (N-methyl/N-ethyl adjacent to an activating group) is 2. The van der Waals surface area contributed by atoms with Gasteiger partial charge in [-0.1, -0.05) is 12.1 Å². The first-order valence-corrected chi connectivity index (χ1v) is 14.3. The number of carbonyl (C=O) groups excluding carboxylic acids is 1. The molecule has 15 heteroatoms. The van der Waals surface area contributed by atoms with Crippen molar-refractivity contribution in [3.63, 3.8) is 0 Å². The standard InChI is InChI=1S/C26H33F3N8O3S/c1-17-9-10-18(24(38)36(4)13-12-35(2)3)14-21(17)33-25-32-16-20(26(27,28)29)22(34-25)31-15-19-8-7-11-30-23(19)37(5)41(6,39)40/h7-11,14,16H,12-13,15H2,1-6H3,(H2,31,32,33,34). The summed E-state index contributed by atoms with van der Waals surface area (Å²) in [5.74, 6) is -0.790. The lowest BCUT2D eigenvalue weighted by molar-refractivity contribution is -0.137. The van der Waals surface area contributed by atoms with Crippen molar-refractivity contribution in [2.75, 3.05) is 62.5 Å². The molecule has 1 amide bonds. The molecule has 0 aliphatic rings. The Kier molecular flexibility index (Phi) is 9.76. The predicted octanol–water partition coefficient (Wildman–Crippen LogP) is 3.58. The van der Waals surface area contributed by atoms with Gasteiger partial charge in [0.2, 0.25) is 16.0 Å². The van der Waals surface area contributed by atoms with E-state index in [9.17, 15) is 26.4 Å². The minimum atomic E-state index is -4.76.